The number of hydrogen-bond acceptors (Lipinski definition) is 5. The van der Waals surface area contributed by atoms with Crippen molar-refractivity contribution in [1.82, 2.24) is 4.90 Å². The molecule has 1 saturated heterocycles. The molecule has 0 unspecified atom stereocenters. The summed E-state index contributed by atoms with van der Waals surface area (Å²) >= 11 is 12.8. The summed E-state index contributed by atoms with van der Waals surface area (Å²) in [5.41, 5.74) is 7.30. The molecule has 7 nitrogen and oxygen atoms in total. The molecule has 37 heavy (non-hydrogen) atoms. The molecule has 0 radical (unpaired) electrons. The van der Waals surface area contributed by atoms with Gasteiger partial charge in [-0.1, -0.05) is 59.6 Å². The largest absolute Gasteiger partial charge is 0.484 e. The molecule has 2 atom stereocenters. The first-order valence-electron chi connectivity index (χ1n) is 11.8. The predicted molar refractivity (Wildman–Crippen MR) is 146 cm³/mol. The van der Waals surface area contributed by atoms with Gasteiger partial charge in [-0.05, 0) is 42.3 Å². The van der Waals surface area contributed by atoms with Crippen LogP contribution in [0.2, 0.25) is 10.0 Å². The van der Waals surface area contributed by atoms with Crippen LogP contribution in [0.25, 0.3) is 4.85 Å². The van der Waals surface area contributed by atoms with Crippen LogP contribution in [0.15, 0.2) is 66.7 Å². The van der Waals surface area contributed by atoms with Crippen LogP contribution in [0.4, 0.5) is 11.4 Å². The van der Waals surface area contributed by atoms with E-state index in [1.165, 1.54) is 0 Å². The summed E-state index contributed by atoms with van der Waals surface area (Å²) in [6.07, 6.45) is 0. The minimum absolute atomic E-state index is 0.0544. The zero-order valence-electron chi connectivity index (χ0n) is 20.4. The lowest BCUT2D eigenvalue weighted by Crippen LogP contribution is -2.52. The Labute approximate surface area is 226 Å². The number of benzene rings is 3. The van der Waals surface area contributed by atoms with Gasteiger partial charge in [-0.25, -0.2) is 4.85 Å². The highest BCUT2D eigenvalue weighted by Gasteiger charge is 2.34. The number of carbonyl (C=O) groups is 1. The molecule has 0 spiro atoms. The van der Waals surface area contributed by atoms with Crippen LogP contribution in [0.5, 0.6) is 5.75 Å². The number of anilines is 1. The maximum absolute atomic E-state index is 11.3. The first-order valence-corrected chi connectivity index (χ1v) is 12.6. The summed E-state index contributed by atoms with van der Waals surface area (Å²) in [7, 11) is 0. The predicted octanol–water partition coefficient (Wildman–Crippen LogP) is 5.18. The van der Waals surface area contributed by atoms with E-state index in [1.54, 1.807) is 31.2 Å². The second kappa shape index (κ2) is 11.4. The Morgan fingerprint density at radius 3 is 2.46 bits per heavy atom. The molecule has 9 heteroatoms. The number of amides is 1. The van der Waals surface area contributed by atoms with Crippen LogP contribution >= 0.6 is 23.2 Å². The maximum atomic E-state index is 11.3. The van der Waals surface area contributed by atoms with Crippen LogP contribution in [-0.2, 0) is 10.4 Å². The Kier molecular flexibility index (Phi) is 8.25. The maximum Gasteiger partial charge on any atom is 0.255 e. The van der Waals surface area contributed by atoms with Crippen molar-refractivity contribution in [2.45, 2.75) is 18.6 Å². The number of aliphatic hydroxyl groups is 1. The van der Waals surface area contributed by atoms with Crippen LogP contribution < -0.4 is 15.4 Å². The van der Waals surface area contributed by atoms with Crippen LogP contribution in [0.1, 0.15) is 24.1 Å². The quantitative estimate of drug-likeness (QED) is 0.386. The third kappa shape index (κ3) is 6.54. The van der Waals surface area contributed by atoms with Gasteiger partial charge >= 0.3 is 0 Å². The number of piperazine rings is 1. The van der Waals surface area contributed by atoms with Gasteiger partial charge in [-0.3, -0.25) is 9.69 Å². The van der Waals surface area contributed by atoms with Gasteiger partial charge in [0.2, 0.25) is 0 Å². The van der Waals surface area contributed by atoms with Crippen molar-refractivity contribution >= 4 is 40.5 Å². The average molecular weight is 539 g/mol. The van der Waals surface area contributed by atoms with Gasteiger partial charge in [0, 0.05) is 37.3 Å². The number of nitrogens with two attached hydrogens (primary N) is 1. The molecule has 1 aliphatic rings. The zero-order chi connectivity index (χ0) is 26.6. The molecule has 0 aliphatic carbocycles. The van der Waals surface area contributed by atoms with Crippen molar-refractivity contribution in [3.63, 3.8) is 0 Å². The lowest BCUT2D eigenvalue weighted by atomic mass is 9.93. The molecule has 4 rings (SSSR count). The van der Waals surface area contributed by atoms with Gasteiger partial charge in [0.15, 0.2) is 12.3 Å². The number of carbonyl (C=O) groups excluding carboxylic acids is 1. The van der Waals surface area contributed by atoms with Gasteiger partial charge < -0.3 is 20.5 Å². The highest BCUT2D eigenvalue weighted by Crippen LogP contribution is 2.38. The number of halogens is 2. The molecule has 0 bridgehead atoms. The average Bonchev–Trinajstić information content (AvgIpc) is 2.88. The Morgan fingerprint density at radius 2 is 1.84 bits per heavy atom. The molecule has 1 heterocycles. The number of primary amides is 1. The van der Waals surface area contributed by atoms with Gasteiger partial charge in [0.1, 0.15) is 5.75 Å². The fourth-order valence-corrected chi connectivity index (χ4v) is 5.03. The minimum Gasteiger partial charge on any atom is -0.484 e. The van der Waals surface area contributed by atoms with Crippen LogP contribution in [0.3, 0.4) is 0 Å². The molecule has 3 aromatic rings. The molecule has 0 aromatic heterocycles. The number of β-amino-alcohol motifs (C(OH)–C–C–N with tert-alkyl or cyclic N) is 1. The summed E-state index contributed by atoms with van der Waals surface area (Å²) in [4.78, 5) is 19.0. The highest BCUT2D eigenvalue weighted by atomic mass is 35.5. The fourth-order valence-electron chi connectivity index (χ4n) is 4.63. The molecule has 1 amide bonds. The number of hydrogen-bond donors (Lipinski definition) is 2. The summed E-state index contributed by atoms with van der Waals surface area (Å²) < 4.78 is 5.40. The number of nitrogens with zero attached hydrogens (tertiary/aromatic N) is 3. The lowest BCUT2D eigenvalue weighted by molar-refractivity contribution is -0.119. The normalized spacial score (nSPS) is 17.6. The van der Waals surface area contributed by atoms with Crippen LogP contribution in [0, 0.1) is 6.57 Å². The molecule has 3 aromatic carbocycles. The second-order valence-electron chi connectivity index (χ2n) is 9.30. The van der Waals surface area contributed by atoms with E-state index in [0.29, 0.717) is 47.7 Å². The molecular weight excluding hydrogens is 511 g/mol. The van der Waals surface area contributed by atoms with Crippen molar-refractivity contribution in [3.8, 4) is 5.75 Å². The zero-order valence-corrected chi connectivity index (χ0v) is 21.9. The van der Waals surface area contributed by atoms with E-state index in [1.807, 2.05) is 42.5 Å². The third-order valence-electron chi connectivity index (χ3n) is 6.48. The number of rotatable bonds is 8. The molecule has 0 saturated carbocycles. The minimum atomic E-state index is -1.09. The first kappa shape index (κ1) is 26.8. The van der Waals surface area contributed by atoms with Gasteiger partial charge in [-0.15, -0.1) is 0 Å². The van der Waals surface area contributed by atoms with E-state index in [-0.39, 0.29) is 12.6 Å². The lowest BCUT2D eigenvalue weighted by Gasteiger charge is -2.45. The molecule has 1 aliphatic heterocycles. The Bertz CT molecular complexity index is 1290. The van der Waals surface area contributed by atoms with Crippen LogP contribution in [-0.4, -0.2) is 48.7 Å². The molecule has 192 valence electrons. The summed E-state index contributed by atoms with van der Waals surface area (Å²) in [5, 5.41) is 12.5. The van der Waals surface area contributed by atoms with Crippen molar-refractivity contribution in [1.29, 1.82) is 0 Å². The summed E-state index contributed by atoms with van der Waals surface area (Å²) in [5.74, 6) is -0.0909. The fraction of sp³-hybridized carbons (Fsp3) is 0.286. The van der Waals surface area contributed by atoms with Crippen molar-refractivity contribution in [2.24, 2.45) is 5.73 Å². The monoisotopic (exact) mass is 538 g/mol. The van der Waals surface area contributed by atoms with E-state index in [2.05, 4.69) is 14.6 Å². The Morgan fingerprint density at radius 1 is 1.14 bits per heavy atom. The Hall–Kier alpha value is -3.28. The van der Waals surface area contributed by atoms with Crippen molar-refractivity contribution < 1.29 is 14.6 Å². The standard InChI is InChI=1S/C28H28Cl2N4O3/c1-28(36,20-5-9-22(32-2)10-6-20)18-33-13-14-34(26(16-33)19-3-7-21(29)8-4-19)25-12-11-23(15-24(25)30)37-17-27(31)35/h3-12,15,26,36H,13-14,16-18H2,1H3,(H2,31,35)/t26-,28+/m0/s1. The van der Waals surface area contributed by atoms with Gasteiger partial charge in [-0.2, -0.15) is 0 Å². The first-order chi connectivity index (χ1) is 17.7. The van der Waals surface area contributed by atoms with E-state index in [9.17, 15) is 9.90 Å². The SMILES string of the molecule is [C-]#[N+]c1ccc([C@](C)(O)CN2CCN(c3ccc(OCC(N)=O)cc3Cl)[C@H](c3ccc(Cl)cc3)C2)cc1. The third-order valence-corrected chi connectivity index (χ3v) is 7.03. The van der Waals surface area contributed by atoms with Crippen molar-refractivity contribution in [3.05, 3.63) is 99.3 Å². The Balaban J connectivity index is 1.58. The molecule has 1 fully saturated rings. The topological polar surface area (TPSA) is 83.4 Å². The highest BCUT2D eigenvalue weighted by molar-refractivity contribution is 6.33. The van der Waals surface area contributed by atoms with E-state index in [0.717, 1.165) is 16.8 Å². The number of ether oxygens (including phenoxy) is 1. The summed E-state index contributed by atoms with van der Waals surface area (Å²) in [6.45, 7) is 11.2. The molecular formula is C28H28Cl2N4O3. The van der Waals surface area contributed by atoms with Gasteiger partial charge in [0.25, 0.3) is 5.91 Å². The van der Waals surface area contributed by atoms with E-state index in [4.69, 9.17) is 40.2 Å². The molecule has 3 N–H and O–H groups in total. The second-order valence-corrected chi connectivity index (χ2v) is 10.1. The summed E-state index contributed by atoms with van der Waals surface area (Å²) in [6, 6.07) is 20.1. The van der Waals surface area contributed by atoms with Crippen molar-refractivity contribution in [2.75, 3.05) is 37.7 Å². The van der Waals surface area contributed by atoms with E-state index < -0.39 is 11.5 Å². The smallest absolute Gasteiger partial charge is 0.255 e. The van der Waals surface area contributed by atoms with Gasteiger partial charge in [0.05, 0.1) is 28.9 Å². The van der Waals surface area contributed by atoms with E-state index >= 15 is 0 Å².